The third kappa shape index (κ3) is 2.51. The first kappa shape index (κ1) is 13.0. The zero-order chi connectivity index (χ0) is 13.3. The Morgan fingerprint density at radius 3 is 2.67 bits per heavy atom. The second-order valence-corrected chi connectivity index (χ2v) is 5.17. The molecule has 3 nitrogen and oxygen atoms in total. The molecule has 1 heterocycles. The molecule has 0 aliphatic carbocycles. The van der Waals surface area contributed by atoms with Gasteiger partial charge < -0.3 is 5.73 Å². The Balaban J connectivity index is 2.54. The van der Waals surface area contributed by atoms with Crippen molar-refractivity contribution in [2.24, 2.45) is 0 Å². The third-order valence-electron chi connectivity index (χ3n) is 2.57. The molecule has 0 fully saturated rings. The normalized spacial score (nSPS) is 10.9. The summed E-state index contributed by atoms with van der Waals surface area (Å²) in [5.74, 6) is 0.455. The maximum atomic E-state index is 13.0. The maximum absolute atomic E-state index is 13.0. The van der Waals surface area contributed by atoms with E-state index in [-0.39, 0.29) is 11.7 Å². The summed E-state index contributed by atoms with van der Waals surface area (Å²) in [7, 11) is 0. The lowest BCUT2D eigenvalue weighted by Crippen LogP contribution is -2.03. The standard InChI is InChI=1S/C13H13BrFN3/c1-7(2)12-11(16)6-17-13(18-12)9-4-3-8(15)5-10(9)14/h3-7H,16H2,1-2H3. The van der Waals surface area contributed by atoms with E-state index in [0.29, 0.717) is 16.0 Å². The van der Waals surface area contributed by atoms with E-state index in [1.807, 2.05) is 13.8 Å². The number of anilines is 1. The molecule has 5 heteroatoms. The van der Waals surface area contributed by atoms with Crippen molar-refractivity contribution in [3.63, 3.8) is 0 Å². The van der Waals surface area contributed by atoms with Gasteiger partial charge in [-0.1, -0.05) is 13.8 Å². The molecule has 2 rings (SSSR count). The summed E-state index contributed by atoms with van der Waals surface area (Å²) >= 11 is 3.31. The van der Waals surface area contributed by atoms with Crippen LogP contribution in [0.5, 0.6) is 0 Å². The van der Waals surface area contributed by atoms with Gasteiger partial charge in [-0.3, -0.25) is 0 Å². The van der Waals surface area contributed by atoms with Crippen LogP contribution in [0.4, 0.5) is 10.1 Å². The highest BCUT2D eigenvalue weighted by molar-refractivity contribution is 9.10. The Morgan fingerprint density at radius 2 is 2.06 bits per heavy atom. The molecule has 0 aliphatic heterocycles. The first-order valence-electron chi connectivity index (χ1n) is 5.57. The van der Waals surface area contributed by atoms with Crippen molar-refractivity contribution in [2.45, 2.75) is 19.8 Å². The van der Waals surface area contributed by atoms with Gasteiger partial charge in [0.05, 0.1) is 17.6 Å². The van der Waals surface area contributed by atoms with Crippen molar-refractivity contribution in [3.05, 3.63) is 40.4 Å². The molecule has 0 bridgehead atoms. The molecule has 0 radical (unpaired) electrons. The van der Waals surface area contributed by atoms with E-state index >= 15 is 0 Å². The van der Waals surface area contributed by atoms with Gasteiger partial charge in [-0.05, 0) is 40.0 Å². The van der Waals surface area contributed by atoms with Crippen molar-refractivity contribution in [1.82, 2.24) is 9.97 Å². The minimum atomic E-state index is -0.301. The van der Waals surface area contributed by atoms with Gasteiger partial charge in [-0.15, -0.1) is 0 Å². The number of nitrogens with zero attached hydrogens (tertiary/aromatic N) is 2. The highest BCUT2D eigenvalue weighted by Gasteiger charge is 2.12. The number of halogens is 2. The van der Waals surface area contributed by atoms with Gasteiger partial charge in [0.15, 0.2) is 5.82 Å². The van der Waals surface area contributed by atoms with E-state index in [1.165, 1.54) is 12.1 Å². The van der Waals surface area contributed by atoms with E-state index in [4.69, 9.17) is 5.73 Å². The van der Waals surface area contributed by atoms with E-state index in [2.05, 4.69) is 25.9 Å². The fraction of sp³-hybridized carbons (Fsp3) is 0.231. The zero-order valence-corrected chi connectivity index (χ0v) is 11.7. The van der Waals surface area contributed by atoms with E-state index < -0.39 is 0 Å². The monoisotopic (exact) mass is 309 g/mol. The summed E-state index contributed by atoms with van der Waals surface area (Å²) in [5.41, 5.74) is 7.96. The lowest BCUT2D eigenvalue weighted by Gasteiger charge is -2.10. The van der Waals surface area contributed by atoms with Crippen LogP contribution in [-0.4, -0.2) is 9.97 Å². The molecule has 2 aromatic rings. The first-order valence-corrected chi connectivity index (χ1v) is 6.36. The molecular formula is C13H13BrFN3. The van der Waals surface area contributed by atoms with Crippen molar-refractivity contribution in [2.75, 3.05) is 5.73 Å². The van der Waals surface area contributed by atoms with Gasteiger partial charge in [0.25, 0.3) is 0 Å². The van der Waals surface area contributed by atoms with Crippen LogP contribution in [-0.2, 0) is 0 Å². The summed E-state index contributed by atoms with van der Waals surface area (Å²) in [4.78, 5) is 8.64. The van der Waals surface area contributed by atoms with Crippen LogP contribution in [0.1, 0.15) is 25.5 Å². The number of hydrogen-bond acceptors (Lipinski definition) is 3. The molecule has 1 aromatic heterocycles. The minimum absolute atomic E-state index is 0.214. The third-order valence-corrected chi connectivity index (χ3v) is 3.22. The molecule has 1 aromatic carbocycles. The van der Waals surface area contributed by atoms with Crippen LogP contribution in [0, 0.1) is 5.82 Å². The molecule has 18 heavy (non-hydrogen) atoms. The minimum Gasteiger partial charge on any atom is -0.396 e. The largest absolute Gasteiger partial charge is 0.396 e. The molecule has 0 spiro atoms. The summed E-state index contributed by atoms with van der Waals surface area (Å²) < 4.78 is 13.7. The lowest BCUT2D eigenvalue weighted by molar-refractivity contribution is 0.627. The van der Waals surface area contributed by atoms with Crippen LogP contribution in [0.25, 0.3) is 11.4 Å². The zero-order valence-electron chi connectivity index (χ0n) is 10.1. The fourth-order valence-corrected chi connectivity index (χ4v) is 2.20. The molecule has 0 saturated heterocycles. The van der Waals surface area contributed by atoms with Gasteiger partial charge in [0, 0.05) is 10.0 Å². The number of hydrogen-bond donors (Lipinski definition) is 1. The molecule has 0 atom stereocenters. The van der Waals surface area contributed by atoms with E-state index in [9.17, 15) is 4.39 Å². The number of nitrogens with two attached hydrogens (primary N) is 1. The molecule has 0 aliphatic rings. The average Bonchev–Trinajstić information content (AvgIpc) is 2.30. The highest BCUT2D eigenvalue weighted by atomic mass is 79.9. The van der Waals surface area contributed by atoms with Crippen molar-refractivity contribution in [1.29, 1.82) is 0 Å². The number of rotatable bonds is 2. The van der Waals surface area contributed by atoms with Gasteiger partial charge in [0.2, 0.25) is 0 Å². The number of aromatic nitrogens is 2. The SMILES string of the molecule is CC(C)c1nc(-c2ccc(F)cc2Br)ncc1N. The summed E-state index contributed by atoms with van der Waals surface area (Å²) in [6, 6.07) is 4.42. The number of benzene rings is 1. The summed E-state index contributed by atoms with van der Waals surface area (Å²) in [5, 5.41) is 0. The lowest BCUT2D eigenvalue weighted by atomic mass is 10.1. The van der Waals surface area contributed by atoms with Crippen molar-refractivity contribution >= 4 is 21.6 Å². The molecule has 0 unspecified atom stereocenters. The van der Waals surface area contributed by atoms with Gasteiger partial charge >= 0.3 is 0 Å². The van der Waals surface area contributed by atoms with Crippen LogP contribution < -0.4 is 5.73 Å². The van der Waals surface area contributed by atoms with Crippen LogP contribution in [0.2, 0.25) is 0 Å². The topological polar surface area (TPSA) is 51.8 Å². The molecule has 94 valence electrons. The van der Waals surface area contributed by atoms with Crippen molar-refractivity contribution < 1.29 is 4.39 Å². The quantitative estimate of drug-likeness (QED) is 0.919. The first-order chi connectivity index (χ1) is 8.49. The highest BCUT2D eigenvalue weighted by Crippen LogP contribution is 2.28. The Hall–Kier alpha value is -1.49. The van der Waals surface area contributed by atoms with Gasteiger partial charge in [-0.25, -0.2) is 14.4 Å². The number of nitrogen functional groups attached to an aromatic ring is 1. The summed E-state index contributed by atoms with van der Waals surface area (Å²) in [6.45, 7) is 4.03. The predicted octanol–water partition coefficient (Wildman–Crippen LogP) is 3.75. The van der Waals surface area contributed by atoms with Gasteiger partial charge in [-0.2, -0.15) is 0 Å². The Morgan fingerprint density at radius 1 is 1.33 bits per heavy atom. The van der Waals surface area contributed by atoms with Crippen molar-refractivity contribution in [3.8, 4) is 11.4 Å². The predicted molar refractivity (Wildman–Crippen MR) is 73.6 cm³/mol. The van der Waals surface area contributed by atoms with E-state index in [0.717, 1.165) is 11.3 Å². The molecule has 2 N–H and O–H groups in total. The molecule has 0 amide bonds. The Bertz CT molecular complexity index is 584. The molecule has 0 saturated carbocycles. The fourth-order valence-electron chi connectivity index (χ4n) is 1.67. The van der Waals surface area contributed by atoms with E-state index in [1.54, 1.807) is 12.3 Å². The van der Waals surface area contributed by atoms with Crippen LogP contribution in [0.15, 0.2) is 28.9 Å². The second kappa shape index (κ2) is 5.02. The Kier molecular flexibility index (Phi) is 3.61. The smallest absolute Gasteiger partial charge is 0.160 e. The Labute approximate surface area is 113 Å². The average molecular weight is 310 g/mol. The maximum Gasteiger partial charge on any atom is 0.160 e. The molecular weight excluding hydrogens is 297 g/mol. The summed E-state index contributed by atoms with van der Waals surface area (Å²) in [6.07, 6.45) is 1.59. The second-order valence-electron chi connectivity index (χ2n) is 4.31. The van der Waals surface area contributed by atoms with Crippen LogP contribution >= 0.6 is 15.9 Å². The van der Waals surface area contributed by atoms with Crippen LogP contribution in [0.3, 0.4) is 0 Å². The van der Waals surface area contributed by atoms with Gasteiger partial charge in [0.1, 0.15) is 5.82 Å².